The van der Waals surface area contributed by atoms with E-state index in [1.165, 1.54) is 116 Å². The average Bonchev–Trinajstić information content (AvgIpc) is 3.30. The molecule has 0 aliphatic carbocycles. The van der Waals surface area contributed by atoms with Gasteiger partial charge in [-0.25, -0.2) is 0 Å². The molecule has 0 radical (unpaired) electrons. The van der Waals surface area contributed by atoms with Crippen LogP contribution in [0.4, 0.5) is 0 Å². The summed E-state index contributed by atoms with van der Waals surface area (Å²) in [6.07, 6.45) is 71.6. The summed E-state index contributed by atoms with van der Waals surface area (Å²) in [5.74, 6) is -0.442. The summed E-state index contributed by atoms with van der Waals surface area (Å²) in [6, 6.07) is 0. The Labute approximate surface area is 397 Å². The van der Waals surface area contributed by atoms with Gasteiger partial charge in [-0.2, -0.15) is 0 Å². The zero-order valence-corrected chi connectivity index (χ0v) is 42.3. The molecule has 0 heterocycles. The molecule has 0 N–H and O–H groups in total. The fourth-order valence-electron chi connectivity index (χ4n) is 7.35. The number of ether oxygens (including phenoxy) is 3. The Morgan fingerprint density at radius 3 is 1.17 bits per heavy atom. The van der Waals surface area contributed by atoms with Crippen LogP contribution < -0.4 is 0 Å². The van der Waals surface area contributed by atoms with Crippen molar-refractivity contribution in [3.05, 3.63) is 85.1 Å². The van der Waals surface area contributed by atoms with Crippen LogP contribution in [-0.4, -0.2) is 37.9 Å². The molecule has 368 valence electrons. The Morgan fingerprint density at radius 1 is 0.359 bits per heavy atom. The Kier molecular flexibility index (Phi) is 51.9. The normalized spacial score (nSPS) is 12.9. The number of allylic oxidation sites excluding steroid dienone is 14. The van der Waals surface area contributed by atoms with E-state index in [1.807, 2.05) is 0 Å². The molecule has 0 bridgehead atoms. The summed E-state index contributed by atoms with van der Waals surface area (Å²) in [4.78, 5) is 25.4. The van der Waals surface area contributed by atoms with Crippen LogP contribution in [0.2, 0.25) is 0 Å². The largest absolute Gasteiger partial charge is 0.462 e. The predicted octanol–water partition coefficient (Wildman–Crippen LogP) is 18.5. The Hall–Kier alpha value is -2.92. The van der Waals surface area contributed by atoms with E-state index in [2.05, 4.69) is 106 Å². The van der Waals surface area contributed by atoms with E-state index in [1.54, 1.807) is 0 Å². The highest BCUT2D eigenvalue weighted by Crippen LogP contribution is 2.13. The first-order chi connectivity index (χ1) is 31.6. The first-order valence-electron chi connectivity index (χ1n) is 27.1. The molecular formula is C59H102O5. The van der Waals surface area contributed by atoms with Gasteiger partial charge in [-0.3, -0.25) is 9.59 Å². The first-order valence-corrected chi connectivity index (χ1v) is 27.1. The molecule has 1 atom stereocenters. The lowest BCUT2D eigenvalue weighted by molar-refractivity contribution is -0.163. The highest BCUT2D eigenvalue weighted by Gasteiger charge is 2.17. The van der Waals surface area contributed by atoms with Crippen LogP contribution in [0.1, 0.15) is 252 Å². The number of rotatable bonds is 49. The standard InChI is InChI=1S/C59H102O5/c1-4-7-10-13-16-19-22-25-28-30-32-34-37-40-43-46-49-52-58(60)63-56-57(55-62-54-51-48-45-42-39-36-33-29-26-23-20-17-14-11-8-5-2)64-59(61)53-50-47-44-41-38-35-31-27-24-21-18-15-12-9-6-3/h7,10,16,18-19,21,25-29,31-32,34,57H,4-6,8-9,11-15,17,20,22-24,30,33,35-56H2,1-3H3/b10-7-,19-16-,21-18-,28-25-,29-26-,31-27-,34-32-. The molecule has 0 saturated carbocycles. The molecule has 0 rings (SSSR count). The quantitative estimate of drug-likeness (QED) is 0.0346. The third-order valence-corrected chi connectivity index (χ3v) is 11.4. The minimum absolute atomic E-state index is 0.0615. The molecule has 5 heteroatoms. The van der Waals surface area contributed by atoms with Crippen LogP contribution in [0, 0.1) is 0 Å². The lowest BCUT2D eigenvalue weighted by Crippen LogP contribution is -2.30. The van der Waals surface area contributed by atoms with Crippen molar-refractivity contribution in [3.8, 4) is 0 Å². The fourth-order valence-corrected chi connectivity index (χ4v) is 7.35. The van der Waals surface area contributed by atoms with Gasteiger partial charge in [-0.1, -0.05) is 209 Å². The third kappa shape index (κ3) is 51.7. The number of carbonyl (C=O) groups is 2. The van der Waals surface area contributed by atoms with Crippen molar-refractivity contribution in [3.63, 3.8) is 0 Å². The van der Waals surface area contributed by atoms with Gasteiger partial charge >= 0.3 is 11.9 Å². The van der Waals surface area contributed by atoms with Gasteiger partial charge in [-0.15, -0.1) is 0 Å². The van der Waals surface area contributed by atoms with Crippen LogP contribution in [0.5, 0.6) is 0 Å². The second kappa shape index (κ2) is 54.4. The van der Waals surface area contributed by atoms with Crippen molar-refractivity contribution in [1.29, 1.82) is 0 Å². The molecule has 1 unspecified atom stereocenters. The van der Waals surface area contributed by atoms with Gasteiger partial charge in [0.2, 0.25) is 0 Å². The van der Waals surface area contributed by atoms with Gasteiger partial charge in [0.1, 0.15) is 6.61 Å². The highest BCUT2D eigenvalue weighted by atomic mass is 16.6. The monoisotopic (exact) mass is 891 g/mol. The molecular weight excluding hydrogens is 789 g/mol. The summed E-state index contributed by atoms with van der Waals surface area (Å²) in [5.41, 5.74) is 0. The summed E-state index contributed by atoms with van der Waals surface area (Å²) in [6.45, 7) is 7.64. The van der Waals surface area contributed by atoms with E-state index < -0.39 is 6.10 Å². The van der Waals surface area contributed by atoms with Crippen LogP contribution in [0.15, 0.2) is 85.1 Å². The maximum Gasteiger partial charge on any atom is 0.306 e. The van der Waals surface area contributed by atoms with E-state index in [-0.39, 0.29) is 25.2 Å². The molecule has 0 aliphatic heterocycles. The van der Waals surface area contributed by atoms with Gasteiger partial charge in [-0.05, 0) is 116 Å². The van der Waals surface area contributed by atoms with Crippen molar-refractivity contribution in [2.75, 3.05) is 19.8 Å². The summed E-state index contributed by atoms with van der Waals surface area (Å²) in [7, 11) is 0. The number of hydrogen-bond donors (Lipinski definition) is 0. The van der Waals surface area contributed by atoms with Gasteiger partial charge in [0.15, 0.2) is 6.10 Å². The van der Waals surface area contributed by atoms with E-state index in [4.69, 9.17) is 14.2 Å². The van der Waals surface area contributed by atoms with E-state index in [9.17, 15) is 9.59 Å². The lowest BCUT2D eigenvalue weighted by atomic mass is 10.1. The maximum absolute atomic E-state index is 12.8. The third-order valence-electron chi connectivity index (χ3n) is 11.4. The molecule has 0 amide bonds. The minimum Gasteiger partial charge on any atom is -0.462 e. The van der Waals surface area contributed by atoms with Gasteiger partial charge in [0, 0.05) is 19.4 Å². The average molecular weight is 891 g/mol. The van der Waals surface area contributed by atoms with Crippen molar-refractivity contribution < 1.29 is 23.8 Å². The number of hydrogen-bond acceptors (Lipinski definition) is 5. The molecule has 0 aromatic heterocycles. The van der Waals surface area contributed by atoms with Gasteiger partial charge in [0.25, 0.3) is 0 Å². The first kappa shape index (κ1) is 61.1. The SMILES string of the molecule is CC/C=C\C/C=C\C/C=C\C/C=C\CCCCCCC(=O)OCC(COCCCCCCCC/C=C\CCCCCCCC)OC(=O)CCCCCCC/C=C\C/C=C\CCCCC. The van der Waals surface area contributed by atoms with Crippen LogP contribution >= 0.6 is 0 Å². The summed E-state index contributed by atoms with van der Waals surface area (Å²) in [5, 5.41) is 0. The zero-order chi connectivity index (χ0) is 46.3. The van der Waals surface area contributed by atoms with Gasteiger partial charge in [0.05, 0.1) is 6.61 Å². The summed E-state index contributed by atoms with van der Waals surface area (Å²) >= 11 is 0. The predicted molar refractivity (Wildman–Crippen MR) is 279 cm³/mol. The molecule has 0 aromatic rings. The van der Waals surface area contributed by atoms with E-state index >= 15 is 0 Å². The molecule has 5 nitrogen and oxygen atoms in total. The second-order valence-electron chi connectivity index (χ2n) is 17.7. The molecule has 0 saturated heterocycles. The lowest BCUT2D eigenvalue weighted by Gasteiger charge is -2.18. The van der Waals surface area contributed by atoms with Crippen molar-refractivity contribution in [1.82, 2.24) is 0 Å². The van der Waals surface area contributed by atoms with Crippen LogP contribution in [0.3, 0.4) is 0 Å². The number of unbranched alkanes of at least 4 members (excludes halogenated alkanes) is 24. The Morgan fingerprint density at radius 2 is 0.703 bits per heavy atom. The topological polar surface area (TPSA) is 61.8 Å². The number of carbonyl (C=O) groups excluding carboxylic acids is 2. The molecule has 64 heavy (non-hydrogen) atoms. The van der Waals surface area contributed by atoms with Crippen molar-refractivity contribution >= 4 is 11.9 Å². The molecule has 0 spiro atoms. The van der Waals surface area contributed by atoms with Crippen molar-refractivity contribution in [2.45, 2.75) is 258 Å². The Balaban J connectivity index is 4.36. The smallest absolute Gasteiger partial charge is 0.306 e. The molecule has 0 aliphatic rings. The minimum atomic E-state index is -0.561. The van der Waals surface area contributed by atoms with Crippen molar-refractivity contribution in [2.24, 2.45) is 0 Å². The van der Waals surface area contributed by atoms with E-state index in [0.717, 1.165) is 103 Å². The number of esters is 2. The zero-order valence-electron chi connectivity index (χ0n) is 42.3. The Bertz CT molecular complexity index is 1190. The second-order valence-corrected chi connectivity index (χ2v) is 17.7. The maximum atomic E-state index is 12.8. The molecule has 0 aromatic carbocycles. The highest BCUT2D eigenvalue weighted by molar-refractivity contribution is 5.70. The van der Waals surface area contributed by atoms with Gasteiger partial charge < -0.3 is 14.2 Å². The molecule has 0 fully saturated rings. The fraction of sp³-hybridized carbons (Fsp3) is 0.729. The van der Waals surface area contributed by atoms with Crippen LogP contribution in [-0.2, 0) is 23.8 Å². The summed E-state index contributed by atoms with van der Waals surface area (Å²) < 4.78 is 17.4. The van der Waals surface area contributed by atoms with Crippen LogP contribution in [0.25, 0.3) is 0 Å². The van der Waals surface area contributed by atoms with E-state index in [0.29, 0.717) is 19.4 Å².